The molecule has 21 heavy (non-hydrogen) atoms. The van der Waals surface area contributed by atoms with Crippen LogP contribution in [0.4, 0.5) is 4.39 Å². The zero-order valence-electron chi connectivity index (χ0n) is 11.2. The average Bonchev–Trinajstić information content (AvgIpc) is 2.47. The molecule has 110 valence electrons. The number of hydrogen-bond acceptors (Lipinski definition) is 3. The van der Waals surface area contributed by atoms with Gasteiger partial charge in [-0.1, -0.05) is 22.0 Å². The molecule has 0 aliphatic carbocycles. The highest BCUT2D eigenvalue weighted by Gasteiger charge is 2.07. The molecule has 6 heteroatoms. The van der Waals surface area contributed by atoms with E-state index < -0.39 is 5.82 Å². The summed E-state index contributed by atoms with van der Waals surface area (Å²) in [4.78, 5) is 15.7. The first kappa shape index (κ1) is 15.4. The van der Waals surface area contributed by atoms with Gasteiger partial charge in [0.05, 0.1) is 0 Å². The summed E-state index contributed by atoms with van der Waals surface area (Å²) in [5, 5.41) is 2.70. The van der Waals surface area contributed by atoms with Crippen LogP contribution in [-0.2, 0) is 11.2 Å². The molecule has 1 aromatic heterocycles. The zero-order valence-corrected chi connectivity index (χ0v) is 12.8. The van der Waals surface area contributed by atoms with Gasteiger partial charge in [-0.25, -0.2) is 4.39 Å². The number of benzene rings is 1. The number of carbonyl (C=O) groups is 1. The molecule has 0 aliphatic heterocycles. The van der Waals surface area contributed by atoms with Gasteiger partial charge in [0.15, 0.2) is 18.2 Å². The van der Waals surface area contributed by atoms with E-state index in [1.165, 1.54) is 12.1 Å². The van der Waals surface area contributed by atoms with Crippen molar-refractivity contribution in [3.63, 3.8) is 0 Å². The summed E-state index contributed by atoms with van der Waals surface area (Å²) in [7, 11) is 0. The van der Waals surface area contributed by atoms with Crippen LogP contribution in [0.3, 0.4) is 0 Å². The lowest BCUT2D eigenvalue weighted by Crippen LogP contribution is -2.30. The summed E-state index contributed by atoms with van der Waals surface area (Å²) in [5.74, 6) is -0.753. The first-order valence-corrected chi connectivity index (χ1v) is 7.19. The minimum absolute atomic E-state index is 0.0538. The van der Waals surface area contributed by atoms with E-state index in [0.29, 0.717) is 17.4 Å². The largest absolute Gasteiger partial charge is 0.481 e. The summed E-state index contributed by atoms with van der Waals surface area (Å²) >= 11 is 3.15. The molecule has 0 bridgehead atoms. The van der Waals surface area contributed by atoms with Crippen LogP contribution in [-0.4, -0.2) is 24.0 Å². The fourth-order valence-electron chi connectivity index (χ4n) is 1.66. The van der Waals surface area contributed by atoms with Crippen molar-refractivity contribution in [2.45, 2.75) is 6.42 Å². The molecule has 0 saturated heterocycles. The molecule has 0 atom stereocenters. The Labute approximate surface area is 130 Å². The van der Waals surface area contributed by atoms with Gasteiger partial charge in [-0.2, -0.15) is 0 Å². The van der Waals surface area contributed by atoms with E-state index in [0.717, 1.165) is 5.69 Å². The minimum atomic E-state index is -0.509. The topological polar surface area (TPSA) is 51.2 Å². The standard InChI is InChI=1S/C15H14BrFN2O2/c16-11-4-5-14(13(17)9-11)21-10-15(20)19-8-6-12-3-1-2-7-18-12/h1-5,7,9H,6,8,10H2,(H,19,20). The van der Waals surface area contributed by atoms with E-state index in [1.807, 2.05) is 18.2 Å². The number of halogens is 2. The Hall–Kier alpha value is -1.95. The SMILES string of the molecule is O=C(COc1ccc(Br)cc1F)NCCc1ccccn1. The van der Waals surface area contributed by atoms with E-state index in [9.17, 15) is 9.18 Å². The molecule has 1 amide bonds. The molecule has 0 unspecified atom stereocenters. The number of ether oxygens (including phenoxy) is 1. The highest BCUT2D eigenvalue weighted by molar-refractivity contribution is 9.10. The lowest BCUT2D eigenvalue weighted by Gasteiger charge is -2.08. The third kappa shape index (κ3) is 5.15. The predicted octanol–water partition coefficient (Wildman–Crippen LogP) is 2.72. The van der Waals surface area contributed by atoms with Gasteiger partial charge in [-0.15, -0.1) is 0 Å². The Kier molecular flexibility index (Phi) is 5.68. The number of pyridine rings is 1. The molecule has 0 fully saturated rings. The van der Waals surface area contributed by atoms with E-state index in [-0.39, 0.29) is 18.3 Å². The van der Waals surface area contributed by atoms with E-state index in [4.69, 9.17) is 4.74 Å². The van der Waals surface area contributed by atoms with Gasteiger partial charge in [0.1, 0.15) is 0 Å². The third-order valence-electron chi connectivity index (χ3n) is 2.68. The first-order valence-electron chi connectivity index (χ1n) is 6.39. The maximum atomic E-state index is 13.5. The second-order valence-electron chi connectivity index (χ2n) is 4.28. The molecular formula is C15H14BrFN2O2. The van der Waals surface area contributed by atoms with Crippen LogP contribution in [0.5, 0.6) is 5.75 Å². The number of amides is 1. The Morgan fingerprint density at radius 3 is 2.90 bits per heavy atom. The minimum Gasteiger partial charge on any atom is -0.481 e. The van der Waals surface area contributed by atoms with E-state index in [2.05, 4.69) is 26.2 Å². The van der Waals surface area contributed by atoms with Gasteiger partial charge < -0.3 is 10.1 Å². The normalized spacial score (nSPS) is 10.2. The zero-order chi connectivity index (χ0) is 15.1. The van der Waals surface area contributed by atoms with Gasteiger partial charge >= 0.3 is 0 Å². The van der Waals surface area contributed by atoms with E-state index >= 15 is 0 Å². The number of nitrogens with zero attached hydrogens (tertiary/aromatic N) is 1. The number of rotatable bonds is 6. The first-order chi connectivity index (χ1) is 10.1. The summed E-state index contributed by atoms with van der Waals surface area (Å²) in [5.41, 5.74) is 0.901. The Bertz CT molecular complexity index is 608. The summed E-state index contributed by atoms with van der Waals surface area (Å²) in [6, 6.07) is 10.0. The van der Waals surface area contributed by atoms with Crippen molar-refractivity contribution in [1.82, 2.24) is 10.3 Å². The van der Waals surface area contributed by atoms with Crippen molar-refractivity contribution in [3.8, 4) is 5.75 Å². The van der Waals surface area contributed by atoms with E-state index in [1.54, 1.807) is 12.3 Å². The molecule has 2 aromatic rings. The van der Waals surface area contributed by atoms with Crippen molar-refractivity contribution < 1.29 is 13.9 Å². The lowest BCUT2D eigenvalue weighted by molar-refractivity contribution is -0.123. The molecule has 1 aromatic carbocycles. The van der Waals surface area contributed by atoms with Crippen molar-refractivity contribution in [2.24, 2.45) is 0 Å². The van der Waals surface area contributed by atoms with Gasteiger partial charge in [0.2, 0.25) is 0 Å². The van der Waals surface area contributed by atoms with Crippen molar-refractivity contribution in [2.75, 3.05) is 13.2 Å². The van der Waals surface area contributed by atoms with Crippen LogP contribution in [0.2, 0.25) is 0 Å². The Morgan fingerprint density at radius 1 is 1.33 bits per heavy atom. The van der Waals surface area contributed by atoms with Crippen molar-refractivity contribution in [1.29, 1.82) is 0 Å². The number of carbonyl (C=O) groups excluding carboxylic acids is 1. The van der Waals surface area contributed by atoms with Crippen LogP contribution in [0.25, 0.3) is 0 Å². The third-order valence-corrected chi connectivity index (χ3v) is 3.18. The van der Waals surface area contributed by atoms with Crippen LogP contribution < -0.4 is 10.1 Å². The number of aromatic nitrogens is 1. The fourth-order valence-corrected chi connectivity index (χ4v) is 2.00. The smallest absolute Gasteiger partial charge is 0.257 e. The van der Waals surface area contributed by atoms with Crippen LogP contribution in [0.1, 0.15) is 5.69 Å². The van der Waals surface area contributed by atoms with Crippen LogP contribution >= 0.6 is 15.9 Å². The molecule has 1 N–H and O–H groups in total. The molecule has 2 rings (SSSR count). The molecule has 4 nitrogen and oxygen atoms in total. The van der Waals surface area contributed by atoms with Crippen molar-refractivity contribution >= 4 is 21.8 Å². The van der Waals surface area contributed by atoms with Gasteiger partial charge in [0, 0.05) is 29.3 Å². The number of hydrogen-bond donors (Lipinski definition) is 1. The van der Waals surface area contributed by atoms with Gasteiger partial charge in [0.25, 0.3) is 5.91 Å². The number of nitrogens with one attached hydrogen (secondary N) is 1. The van der Waals surface area contributed by atoms with Crippen molar-refractivity contribution in [3.05, 3.63) is 58.6 Å². The summed E-state index contributed by atoms with van der Waals surface area (Å²) < 4.78 is 19.2. The maximum absolute atomic E-state index is 13.5. The second-order valence-corrected chi connectivity index (χ2v) is 5.20. The van der Waals surface area contributed by atoms with Crippen LogP contribution in [0, 0.1) is 5.82 Å². The molecular weight excluding hydrogens is 339 g/mol. The maximum Gasteiger partial charge on any atom is 0.257 e. The summed E-state index contributed by atoms with van der Waals surface area (Å²) in [6.45, 7) is 0.239. The predicted molar refractivity (Wildman–Crippen MR) is 80.5 cm³/mol. The van der Waals surface area contributed by atoms with Gasteiger partial charge in [-0.3, -0.25) is 9.78 Å². The monoisotopic (exact) mass is 352 g/mol. The highest BCUT2D eigenvalue weighted by Crippen LogP contribution is 2.21. The average molecular weight is 353 g/mol. The van der Waals surface area contributed by atoms with Crippen LogP contribution in [0.15, 0.2) is 47.1 Å². The quantitative estimate of drug-likeness (QED) is 0.869. The molecule has 0 spiro atoms. The molecule has 0 radical (unpaired) electrons. The molecule has 0 aliphatic rings. The summed E-state index contributed by atoms with van der Waals surface area (Å²) in [6.07, 6.45) is 2.34. The second kappa shape index (κ2) is 7.73. The molecule has 0 saturated carbocycles. The fraction of sp³-hybridized carbons (Fsp3) is 0.200. The molecule has 1 heterocycles. The van der Waals surface area contributed by atoms with Gasteiger partial charge in [-0.05, 0) is 30.3 Å². The lowest BCUT2D eigenvalue weighted by atomic mass is 10.3. The Balaban J connectivity index is 1.72. The highest BCUT2D eigenvalue weighted by atomic mass is 79.9. The Morgan fingerprint density at radius 2 is 2.19 bits per heavy atom.